The van der Waals surface area contributed by atoms with Gasteiger partial charge in [-0.2, -0.15) is 0 Å². The number of carboxylic acids is 1. The number of aliphatic carboxylic acids is 1. The Kier molecular flexibility index (Phi) is 8.50. The Morgan fingerprint density at radius 1 is 1.08 bits per heavy atom. The number of nitrogens with zero attached hydrogens (tertiary/aromatic N) is 2. The predicted octanol–water partition coefficient (Wildman–Crippen LogP) is 6.49. The summed E-state index contributed by atoms with van der Waals surface area (Å²) in [6.07, 6.45) is 1.78. The lowest BCUT2D eigenvalue weighted by Gasteiger charge is -2.16. The second kappa shape index (κ2) is 11.8. The summed E-state index contributed by atoms with van der Waals surface area (Å²) in [5.41, 5.74) is 2.43. The number of aliphatic imine (C=N–C) groups is 1. The molecule has 1 saturated heterocycles. The Balaban J connectivity index is 1.65. The highest BCUT2D eigenvalue weighted by atomic mass is 79.9. The fraction of sp³-hybridized carbons (Fsp3) is 0.115. The van der Waals surface area contributed by atoms with Gasteiger partial charge in [-0.25, -0.2) is 9.79 Å². The smallest absolute Gasteiger partial charge is 0.341 e. The lowest BCUT2D eigenvalue weighted by Crippen LogP contribution is -2.28. The number of carboxylic acid groups (broad SMARTS) is 1. The molecule has 3 aromatic carbocycles. The van der Waals surface area contributed by atoms with Crippen LogP contribution in [0.3, 0.4) is 0 Å². The van der Waals surface area contributed by atoms with Crippen molar-refractivity contribution in [3.8, 4) is 11.5 Å². The van der Waals surface area contributed by atoms with Crippen LogP contribution in [0.2, 0.25) is 0 Å². The summed E-state index contributed by atoms with van der Waals surface area (Å²) in [5, 5.41) is 9.47. The van der Waals surface area contributed by atoms with Crippen molar-refractivity contribution in [2.24, 2.45) is 4.99 Å². The van der Waals surface area contributed by atoms with E-state index in [0.29, 0.717) is 31.3 Å². The Morgan fingerprint density at radius 3 is 2.36 bits per heavy atom. The summed E-state index contributed by atoms with van der Waals surface area (Å²) in [5.74, 6) is -0.122. The molecule has 10 heteroatoms. The van der Waals surface area contributed by atoms with Crippen molar-refractivity contribution in [3.63, 3.8) is 0 Å². The SMILES string of the molecule is COc1ccc(CN2C(=O)/C(=C/c3cc(Br)c(OCC(=O)O)c(Br)c3)SC2=Nc2ccccc2)cc1. The minimum Gasteiger partial charge on any atom is -0.497 e. The zero-order chi connectivity index (χ0) is 25.7. The molecule has 0 aliphatic carbocycles. The maximum Gasteiger partial charge on any atom is 0.341 e. The summed E-state index contributed by atoms with van der Waals surface area (Å²) in [6, 6.07) is 20.6. The van der Waals surface area contributed by atoms with Gasteiger partial charge in [0.15, 0.2) is 11.8 Å². The highest BCUT2D eigenvalue weighted by Gasteiger charge is 2.33. The van der Waals surface area contributed by atoms with Crippen LogP contribution in [0.5, 0.6) is 11.5 Å². The largest absolute Gasteiger partial charge is 0.497 e. The summed E-state index contributed by atoms with van der Waals surface area (Å²) in [4.78, 5) is 31.2. The molecule has 0 atom stereocenters. The molecule has 1 amide bonds. The van der Waals surface area contributed by atoms with Crippen molar-refractivity contribution in [3.05, 3.63) is 91.7 Å². The number of hydrogen-bond acceptors (Lipinski definition) is 6. The number of amidine groups is 1. The van der Waals surface area contributed by atoms with Crippen molar-refractivity contribution in [1.29, 1.82) is 0 Å². The molecule has 0 saturated carbocycles. The van der Waals surface area contributed by atoms with Crippen LogP contribution in [0.15, 0.2) is 85.6 Å². The van der Waals surface area contributed by atoms with Crippen LogP contribution >= 0.6 is 43.6 Å². The maximum atomic E-state index is 13.5. The van der Waals surface area contributed by atoms with Crippen LogP contribution in [0, 0.1) is 0 Å². The zero-order valence-electron chi connectivity index (χ0n) is 19.0. The minimum absolute atomic E-state index is 0.163. The number of hydrogen-bond donors (Lipinski definition) is 1. The van der Waals surface area contributed by atoms with Gasteiger partial charge in [0.25, 0.3) is 5.91 Å². The van der Waals surface area contributed by atoms with E-state index < -0.39 is 12.6 Å². The van der Waals surface area contributed by atoms with Crippen LogP contribution in [-0.4, -0.2) is 40.8 Å². The van der Waals surface area contributed by atoms with Crippen LogP contribution in [0.1, 0.15) is 11.1 Å². The molecule has 4 rings (SSSR count). The quantitative estimate of drug-likeness (QED) is 0.286. The van der Waals surface area contributed by atoms with E-state index in [-0.39, 0.29) is 5.91 Å². The first-order chi connectivity index (χ1) is 17.3. The van der Waals surface area contributed by atoms with Crippen molar-refractivity contribution in [2.45, 2.75) is 6.54 Å². The van der Waals surface area contributed by atoms with E-state index in [1.54, 1.807) is 30.2 Å². The number of amides is 1. The first-order valence-electron chi connectivity index (χ1n) is 10.7. The van der Waals surface area contributed by atoms with E-state index in [2.05, 4.69) is 31.9 Å². The van der Waals surface area contributed by atoms with Gasteiger partial charge in [-0.05, 0) is 97.2 Å². The fourth-order valence-electron chi connectivity index (χ4n) is 3.34. The lowest BCUT2D eigenvalue weighted by molar-refractivity contribution is -0.139. The van der Waals surface area contributed by atoms with Gasteiger partial charge in [0.2, 0.25) is 0 Å². The molecular formula is C26H20Br2N2O5S. The van der Waals surface area contributed by atoms with Crippen LogP contribution in [0.25, 0.3) is 6.08 Å². The zero-order valence-corrected chi connectivity index (χ0v) is 23.0. The fourth-order valence-corrected chi connectivity index (χ4v) is 5.79. The first-order valence-corrected chi connectivity index (χ1v) is 13.1. The average Bonchev–Trinajstić information content (AvgIpc) is 3.13. The van der Waals surface area contributed by atoms with Gasteiger partial charge in [0.1, 0.15) is 11.5 Å². The van der Waals surface area contributed by atoms with E-state index in [1.807, 2.05) is 54.6 Å². The molecule has 1 N–H and O–H groups in total. The number of carbonyl (C=O) groups excluding carboxylic acids is 1. The van der Waals surface area contributed by atoms with E-state index >= 15 is 0 Å². The number of thioether (sulfide) groups is 1. The highest BCUT2D eigenvalue weighted by Crippen LogP contribution is 2.39. The molecule has 0 radical (unpaired) electrons. The monoisotopic (exact) mass is 630 g/mol. The molecule has 0 spiro atoms. The third kappa shape index (κ3) is 6.37. The molecule has 1 heterocycles. The van der Waals surface area contributed by atoms with Crippen LogP contribution < -0.4 is 9.47 Å². The number of benzene rings is 3. The van der Waals surface area contributed by atoms with Crippen molar-refractivity contribution in [1.82, 2.24) is 4.90 Å². The number of para-hydroxylation sites is 1. The second-order valence-corrected chi connectivity index (χ2v) is 10.3. The van der Waals surface area contributed by atoms with Gasteiger partial charge < -0.3 is 14.6 Å². The maximum absolute atomic E-state index is 13.5. The van der Waals surface area contributed by atoms with E-state index in [9.17, 15) is 9.59 Å². The molecular weight excluding hydrogens is 612 g/mol. The minimum atomic E-state index is -1.07. The van der Waals surface area contributed by atoms with Crippen molar-refractivity contribution in [2.75, 3.05) is 13.7 Å². The molecule has 0 aromatic heterocycles. The topological polar surface area (TPSA) is 88.4 Å². The Labute approximate surface area is 229 Å². The second-order valence-electron chi connectivity index (χ2n) is 7.58. The summed E-state index contributed by atoms with van der Waals surface area (Å²) >= 11 is 8.14. The third-order valence-electron chi connectivity index (χ3n) is 5.03. The van der Waals surface area contributed by atoms with Crippen LogP contribution in [0.4, 0.5) is 5.69 Å². The molecule has 1 fully saturated rings. The predicted molar refractivity (Wildman–Crippen MR) is 148 cm³/mol. The van der Waals surface area contributed by atoms with Gasteiger partial charge in [-0.3, -0.25) is 9.69 Å². The summed E-state index contributed by atoms with van der Waals surface area (Å²) < 4.78 is 11.7. The molecule has 7 nitrogen and oxygen atoms in total. The number of carbonyl (C=O) groups is 2. The molecule has 1 aliphatic rings. The molecule has 184 valence electrons. The Hall–Kier alpha value is -3.08. The van der Waals surface area contributed by atoms with Crippen LogP contribution in [-0.2, 0) is 16.1 Å². The van der Waals surface area contributed by atoms with Gasteiger partial charge in [-0.1, -0.05) is 30.3 Å². The van der Waals surface area contributed by atoms with E-state index in [4.69, 9.17) is 19.6 Å². The molecule has 36 heavy (non-hydrogen) atoms. The van der Waals surface area contributed by atoms with Gasteiger partial charge in [0.05, 0.1) is 33.2 Å². The molecule has 3 aromatic rings. The third-order valence-corrected chi connectivity index (χ3v) is 7.21. The molecule has 1 aliphatic heterocycles. The Bertz CT molecular complexity index is 1320. The number of methoxy groups -OCH3 is 1. The number of halogens is 2. The van der Waals surface area contributed by atoms with E-state index in [0.717, 1.165) is 22.6 Å². The summed E-state index contributed by atoms with van der Waals surface area (Å²) in [7, 11) is 1.61. The van der Waals surface area contributed by atoms with Gasteiger partial charge in [-0.15, -0.1) is 0 Å². The molecule has 0 bridgehead atoms. The lowest BCUT2D eigenvalue weighted by atomic mass is 10.2. The first kappa shape index (κ1) is 26.0. The van der Waals surface area contributed by atoms with Gasteiger partial charge in [0, 0.05) is 0 Å². The van der Waals surface area contributed by atoms with Crippen molar-refractivity contribution >= 4 is 72.4 Å². The molecule has 0 unspecified atom stereocenters. The average molecular weight is 632 g/mol. The number of ether oxygens (including phenoxy) is 2. The van der Waals surface area contributed by atoms with Crippen molar-refractivity contribution < 1.29 is 24.2 Å². The normalized spacial score (nSPS) is 15.5. The standard InChI is InChI=1S/C26H20Br2N2O5S/c1-34-19-9-7-16(8-10-19)14-30-25(33)22(36-26(30)29-18-5-3-2-4-6-18)13-17-11-20(27)24(21(28)12-17)35-15-23(31)32/h2-13H,14-15H2,1H3,(H,31,32)/b22-13-,29-26?. The van der Waals surface area contributed by atoms with E-state index in [1.165, 1.54) is 11.8 Å². The summed E-state index contributed by atoms with van der Waals surface area (Å²) in [6.45, 7) is -0.111. The van der Waals surface area contributed by atoms with Gasteiger partial charge >= 0.3 is 5.97 Å². The number of rotatable bonds is 8. The highest BCUT2D eigenvalue weighted by molar-refractivity contribution is 9.11. The Morgan fingerprint density at radius 2 is 1.75 bits per heavy atom.